The first kappa shape index (κ1) is 20.1. The molecule has 28 heavy (non-hydrogen) atoms. The molecule has 5 amide bonds. The molecule has 0 aromatic heterocycles. The zero-order chi connectivity index (χ0) is 20.5. The largest absolute Gasteiger partial charge is 0.344 e. The number of carbonyl (C=O) groups is 4. The third kappa shape index (κ3) is 3.82. The lowest BCUT2D eigenvalue weighted by molar-refractivity contribution is -0.141. The van der Waals surface area contributed by atoms with Gasteiger partial charge in [0.05, 0.1) is 5.92 Å². The normalized spacial score (nSPS) is 24.9. The van der Waals surface area contributed by atoms with Crippen LogP contribution in [0.2, 0.25) is 5.02 Å². The van der Waals surface area contributed by atoms with E-state index in [1.807, 2.05) is 0 Å². The predicted molar refractivity (Wildman–Crippen MR) is 102 cm³/mol. The summed E-state index contributed by atoms with van der Waals surface area (Å²) in [4.78, 5) is 51.4. The van der Waals surface area contributed by atoms with Crippen LogP contribution >= 0.6 is 11.6 Å². The number of nitrogens with one attached hydrogen (secondary N) is 2. The van der Waals surface area contributed by atoms with Crippen molar-refractivity contribution in [3.63, 3.8) is 0 Å². The van der Waals surface area contributed by atoms with E-state index in [9.17, 15) is 19.2 Å². The van der Waals surface area contributed by atoms with Crippen LogP contribution in [0.5, 0.6) is 0 Å². The summed E-state index contributed by atoms with van der Waals surface area (Å²) >= 11 is 5.86. The first-order valence-electron chi connectivity index (χ1n) is 9.27. The molecule has 2 aliphatic heterocycles. The lowest BCUT2D eigenvalue weighted by atomic mass is 9.96. The number of nitrogens with zero attached hydrogens (tertiary/aromatic N) is 2. The lowest BCUT2D eigenvalue weighted by Crippen LogP contribution is -2.53. The van der Waals surface area contributed by atoms with Gasteiger partial charge < -0.3 is 10.2 Å². The highest BCUT2D eigenvalue weighted by Crippen LogP contribution is 2.22. The molecule has 8 nitrogen and oxygen atoms in total. The third-order valence-corrected chi connectivity index (χ3v) is 5.61. The number of rotatable bonds is 4. The lowest BCUT2D eigenvalue weighted by Gasteiger charge is -2.32. The molecule has 0 saturated carbocycles. The number of hydrazine groups is 1. The van der Waals surface area contributed by atoms with Crippen LogP contribution in [0.4, 0.5) is 4.79 Å². The molecule has 0 aliphatic carbocycles. The Balaban J connectivity index is 1.65. The predicted octanol–water partition coefficient (Wildman–Crippen LogP) is 1.94. The number of piperidine rings is 1. The van der Waals surface area contributed by atoms with Gasteiger partial charge in [0.25, 0.3) is 11.8 Å². The average molecular weight is 407 g/mol. The zero-order valence-corrected chi connectivity index (χ0v) is 16.6. The molecule has 9 heteroatoms. The fourth-order valence-corrected chi connectivity index (χ4v) is 3.50. The van der Waals surface area contributed by atoms with E-state index < -0.39 is 29.3 Å². The van der Waals surface area contributed by atoms with E-state index in [2.05, 4.69) is 10.7 Å². The molecule has 2 atom stereocenters. The minimum Gasteiger partial charge on any atom is -0.338 e. The molecule has 2 aliphatic rings. The highest BCUT2D eigenvalue weighted by Gasteiger charge is 2.48. The zero-order valence-electron chi connectivity index (χ0n) is 15.8. The molecular weight excluding hydrogens is 384 g/mol. The summed E-state index contributed by atoms with van der Waals surface area (Å²) in [5, 5.41) is 3.87. The molecule has 150 valence electrons. The van der Waals surface area contributed by atoms with Crippen LogP contribution in [-0.2, 0) is 9.59 Å². The van der Waals surface area contributed by atoms with Crippen LogP contribution in [0, 0.1) is 5.92 Å². The average Bonchev–Trinajstić information content (AvgIpc) is 2.91. The molecule has 2 saturated heterocycles. The van der Waals surface area contributed by atoms with Crippen molar-refractivity contribution in [2.45, 2.75) is 38.6 Å². The molecular formula is C19H23ClN4O4. The second-order valence-corrected chi connectivity index (χ2v) is 7.77. The number of imide groups is 1. The summed E-state index contributed by atoms with van der Waals surface area (Å²) in [6.45, 7) is 4.17. The summed E-state index contributed by atoms with van der Waals surface area (Å²) < 4.78 is 0. The number of benzene rings is 1. The summed E-state index contributed by atoms with van der Waals surface area (Å²) in [6.07, 6.45) is 1.64. The van der Waals surface area contributed by atoms with Gasteiger partial charge >= 0.3 is 6.03 Å². The van der Waals surface area contributed by atoms with E-state index in [-0.39, 0.29) is 12.5 Å². The molecule has 0 radical (unpaired) electrons. The van der Waals surface area contributed by atoms with Gasteiger partial charge in [-0.1, -0.05) is 18.5 Å². The quantitative estimate of drug-likeness (QED) is 0.746. The van der Waals surface area contributed by atoms with Gasteiger partial charge in [-0.15, -0.1) is 0 Å². The highest BCUT2D eigenvalue weighted by atomic mass is 35.5. The maximum absolute atomic E-state index is 12.7. The Hall–Kier alpha value is -2.61. The van der Waals surface area contributed by atoms with Gasteiger partial charge in [-0.25, -0.2) is 4.79 Å². The van der Waals surface area contributed by atoms with Crippen molar-refractivity contribution in [2.24, 2.45) is 5.92 Å². The van der Waals surface area contributed by atoms with E-state index >= 15 is 0 Å². The van der Waals surface area contributed by atoms with Gasteiger partial charge in [-0.2, -0.15) is 5.01 Å². The Labute approximate surface area is 168 Å². The van der Waals surface area contributed by atoms with E-state index in [1.165, 1.54) is 0 Å². The van der Waals surface area contributed by atoms with E-state index in [0.29, 0.717) is 36.4 Å². The molecule has 3 rings (SSSR count). The van der Waals surface area contributed by atoms with Gasteiger partial charge in [0.1, 0.15) is 5.54 Å². The van der Waals surface area contributed by atoms with E-state index in [0.717, 1.165) is 5.01 Å². The number of urea groups is 1. The molecule has 2 fully saturated rings. The number of hydrogen-bond acceptors (Lipinski definition) is 4. The van der Waals surface area contributed by atoms with E-state index in [4.69, 9.17) is 11.6 Å². The number of hydrogen-bond donors (Lipinski definition) is 2. The minimum absolute atomic E-state index is 0.178. The Bertz CT molecular complexity index is 813. The van der Waals surface area contributed by atoms with Gasteiger partial charge in [0, 0.05) is 23.7 Å². The monoisotopic (exact) mass is 406 g/mol. The molecule has 1 aromatic rings. The fraction of sp³-hybridized carbons (Fsp3) is 0.474. The van der Waals surface area contributed by atoms with Crippen LogP contribution in [0.25, 0.3) is 0 Å². The number of carbonyl (C=O) groups excluding carboxylic acids is 4. The summed E-state index contributed by atoms with van der Waals surface area (Å²) in [7, 11) is 0. The second kappa shape index (κ2) is 7.79. The highest BCUT2D eigenvalue weighted by molar-refractivity contribution is 6.30. The van der Waals surface area contributed by atoms with Gasteiger partial charge in [-0.05, 0) is 50.5 Å². The van der Waals surface area contributed by atoms with Crippen molar-refractivity contribution in [2.75, 3.05) is 13.1 Å². The Morgan fingerprint density at radius 1 is 1.29 bits per heavy atom. The van der Waals surface area contributed by atoms with Gasteiger partial charge in [0.2, 0.25) is 5.91 Å². The molecule has 1 aromatic carbocycles. The van der Waals surface area contributed by atoms with Crippen LogP contribution in [-0.4, -0.2) is 52.3 Å². The van der Waals surface area contributed by atoms with Crippen LogP contribution in [0.3, 0.4) is 0 Å². The topological polar surface area (TPSA) is 98.8 Å². The minimum atomic E-state index is -1.02. The number of likely N-dealkylation sites (tertiary alicyclic amines) is 1. The smallest absolute Gasteiger partial charge is 0.338 e. The van der Waals surface area contributed by atoms with Crippen LogP contribution < -0.4 is 10.7 Å². The summed E-state index contributed by atoms with van der Waals surface area (Å²) in [6, 6.07) is 5.93. The second-order valence-electron chi connectivity index (χ2n) is 7.33. The molecule has 0 bridgehead atoms. The summed E-state index contributed by atoms with van der Waals surface area (Å²) in [5.41, 5.74) is 1.90. The van der Waals surface area contributed by atoms with Crippen molar-refractivity contribution in [1.82, 2.24) is 20.7 Å². The van der Waals surface area contributed by atoms with Crippen LogP contribution in [0.15, 0.2) is 24.3 Å². The van der Waals surface area contributed by atoms with Crippen molar-refractivity contribution in [1.29, 1.82) is 0 Å². The molecule has 2 N–H and O–H groups in total. The Kier molecular flexibility index (Phi) is 5.60. The van der Waals surface area contributed by atoms with Crippen molar-refractivity contribution >= 4 is 35.4 Å². The molecule has 0 unspecified atom stereocenters. The Morgan fingerprint density at radius 3 is 2.57 bits per heavy atom. The first-order chi connectivity index (χ1) is 13.2. The Morgan fingerprint density at radius 2 is 1.96 bits per heavy atom. The standard InChI is InChI=1S/C19H23ClN4O4/c1-3-19(2)17(27)24(18(28)21-19)22-15(25)13-5-4-10-23(11-13)16(26)12-6-8-14(20)9-7-12/h6-9,13H,3-5,10-11H2,1-2H3,(H,21,28)(H,22,25)/t13-,19+/m1/s1. The molecule has 2 heterocycles. The number of halogens is 1. The fourth-order valence-electron chi connectivity index (χ4n) is 3.38. The van der Waals surface area contributed by atoms with Crippen LogP contribution in [0.1, 0.15) is 43.5 Å². The third-order valence-electron chi connectivity index (χ3n) is 5.36. The first-order valence-corrected chi connectivity index (χ1v) is 9.65. The van der Waals surface area contributed by atoms with E-state index in [1.54, 1.807) is 43.0 Å². The number of amides is 5. The SMILES string of the molecule is CC[C@]1(C)NC(=O)N(NC(=O)[C@@H]2CCCN(C(=O)c3ccc(Cl)cc3)C2)C1=O. The van der Waals surface area contributed by atoms with Crippen molar-refractivity contribution in [3.05, 3.63) is 34.9 Å². The van der Waals surface area contributed by atoms with Gasteiger partial charge in [-0.3, -0.25) is 19.8 Å². The maximum Gasteiger partial charge on any atom is 0.344 e. The molecule has 0 spiro atoms. The maximum atomic E-state index is 12.7. The van der Waals surface area contributed by atoms with Gasteiger partial charge in [0.15, 0.2) is 0 Å². The van der Waals surface area contributed by atoms with Crippen molar-refractivity contribution < 1.29 is 19.2 Å². The summed E-state index contributed by atoms with van der Waals surface area (Å²) in [5.74, 6) is -1.61. The van der Waals surface area contributed by atoms with Crippen molar-refractivity contribution in [3.8, 4) is 0 Å².